The van der Waals surface area contributed by atoms with E-state index in [1.165, 1.54) is 25.4 Å². The Balaban J connectivity index is 1.97. The Morgan fingerprint density at radius 1 is 1.24 bits per heavy atom. The third-order valence-corrected chi connectivity index (χ3v) is 7.03. The number of carbonyl (C=O) groups is 1. The van der Waals surface area contributed by atoms with E-state index >= 15 is 0 Å². The number of nitrogens with zero attached hydrogens (tertiary/aromatic N) is 3. The molecule has 1 aromatic carbocycles. The van der Waals surface area contributed by atoms with Crippen LogP contribution in [0.4, 0.5) is 4.79 Å². The molecule has 3 aromatic rings. The van der Waals surface area contributed by atoms with E-state index < -0.39 is 15.9 Å². The Hall–Kier alpha value is -2.96. The van der Waals surface area contributed by atoms with Crippen molar-refractivity contribution >= 4 is 27.3 Å². The van der Waals surface area contributed by atoms with Crippen LogP contribution in [-0.2, 0) is 27.8 Å². The van der Waals surface area contributed by atoms with E-state index in [1.54, 1.807) is 30.3 Å². The fourth-order valence-corrected chi connectivity index (χ4v) is 5.07. The van der Waals surface area contributed by atoms with Gasteiger partial charge in [0.2, 0.25) is 9.84 Å². The normalized spacial score (nSPS) is 11.4. The van der Waals surface area contributed by atoms with Gasteiger partial charge in [0.15, 0.2) is 0 Å². The molecule has 0 aliphatic carbocycles. The number of rotatable bonds is 8. The number of methoxy groups -OCH3 is 2. The van der Waals surface area contributed by atoms with Crippen molar-refractivity contribution in [3.05, 3.63) is 41.8 Å². The number of sulfone groups is 1. The molecule has 29 heavy (non-hydrogen) atoms. The average Bonchev–Trinajstić information content (AvgIpc) is 3.36. The monoisotopic (exact) mass is 438 g/mol. The lowest BCUT2D eigenvalue weighted by atomic mass is 10.1. The summed E-state index contributed by atoms with van der Waals surface area (Å²) in [7, 11) is -0.875. The number of aromatic nitrogens is 3. The molecule has 0 aliphatic heterocycles. The SMILES string of the molecule is COCn1cc(-c2cc(OC)cc(S(=O)(=O)c3cnc(CNC(=O)O)s3)c2)cn1. The Bertz CT molecular complexity index is 1120. The van der Waals surface area contributed by atoms with Crippen molar-refractivity contribution in [2.75, 3.05) is 14.2 Å². The van der Waals surface area contributed by atoms with Gasteiger partial charge in [-0.1, -0.05) is 0 Å². The van der Waals surface area contributed by atoms with E-state index in [4.69, 9.17) is 14.6 Å². The zero-order valence-electron chi connectivity index (χ0n) is 15.5. The zero-order valence-corrected chi connectivity index (χ0v) is 17.2. The maximum atomic E-state index is 13.1. The molecule has 1 amide bonds. The van der Waals surface area contributed by atoms with E-state index in [0.29, 0.717) is 21.9 Å². The van der Waals surface area contributed by atoms with Crippen LogP contribution in [0.5, 0.6) is 5.75 Å². The Labute approximate surface area is 170 Å². The van der Waals surface area contributed by atoms with Crippen molar-refractivity contribution in [3.8, 4) is 16.9 Å². The molecule has 0 aliphatic rings. The summed E-state index contributed by atoms with van der Waals surface area (Å²) in [6.07, 6.45) is 3.34. The van der Waals surface area contributed by atoms with Crippen LogP contribution in [0.1, 0.15) is 5.01 Å². The minimum absolute atomic E-state index is 0.00831. The van der Waals surface area contributed by atoms with Crippen LogP contribution in [0.15, 0.2) is 45.9 Å². The number of thiazole rings is 1. The highest BCUT2D eigenvalue weighted by Gasteiger charge is 2.23. The van der Waals surface area contributed by atoms with Gasteiger partial charge in [0.25, 0.3) is 0 Å². The summed E-state index contributed by atoms with van der Waals surface area (Å²) in [5, 5.41) is 15.3. The number of ether oxygens (including phenoxy) is 2. The summed E-state index contributed by atoms with van der Waals surface area (Å²) in [6.45, 7) is 0.195. The average molecular weight is 438 g/mol. The second kappa shape index (κ2) is 8.59. The molecular weight excluding hydrogens is 420 g/mol. The highest BCUT2D eigenvalue weighted by atomic mass is 32.2. The van der Waals surface area contributed by atoms with Gasteiger partial charge < -0.3 is 19.9 Å². The van der Waals surface area contributed by atoms with Gasteiger partial charge in [-0.15, -0.1) is 11.3 Å². The molecule has 0 unspecified atom stereocenters. The van der Waals surface area contributed by atoms with Crippen molar-refractivity contribution in [2.24, 2.45) is 0 Å². The van der Waals surface area contributed by atoms with Crippen LogP contribution in [0.3, 0.4) is 0 Å². The first-order valence-electron chi connectivity index (χ1n) is 8.21. The summed E-state index contributed by atoms with van der Waals surface area (Å²) in [5.74, 6) is 0.373. The molecule has 0 spiro atoms. The minimum Gasteiger partial charge on any atom is -0.497 e. The van der Waals surface area contributed by atoms with E-state index in [0.717, 1.165) is 11.3 Å². The van der Waals surface area contributed by atoms with Gasteiger partial charge in [-0.25, -0.2) is 22.9 Å². The summed E-state index contributed by atoms with van der Waals surface area (Å²) in [6, 6.07) is 4.66. The fraction of sp³-hybridized carbons (Fsp3) is 0.235. The Morgan fingerprint density at radius 2 is 2.03 bits per heavy atom. The number of nitrogens with one attached hydrogen (secondary N) is 1. The van der Waals surface area contributed by atoms with Gasteiger partial charge in [0, 0.05) is 18.9 Å². The fourth-order valence-electron chi connectivity index (χ4n) is 2.49. The number of carboxylic acid groups (broad SMARTS) is 1. The number of benzene rings is 1. The molecule has 3 rings (SSSR count). The third kappa shape index (κ3) is 4.72. The van der Waals surface area contributed by atoms with Crippen molar-refractivity contribution in [1.82, 2.24) is 20.1 Å². The van der Waals surface area contributed by atoms with Crippen molar-refractivity contribution in [2.45, 2.75) is 22.4 Å². The van der Waals surface area contributed by atoms with Gasteiger partial charge in [-0.2, -0.15) is 5.10 Å². The lowest BCUT2D eigenvalue weighted by molar-refractivity contribution is 0.120. The van der Waals surface area contributed by atoms with Crippen molar-refractivity contribution in [3.63, 3.8) is 0 Å². The van der Waals surface area contributed by atoms with Gasteiger partial charge in [-0.3, -0.25) is 0 Å². The molecule has 2 heterocycles. The van der Waals surface area contributed by atoms with Crippen molar-refractivity contribution < 1.29 is 27.8 Å². The van der Waals surface area contributed by atoms with E-state index in [-0.39, 0.29) is 22.4 Å². The molecule has 0 bridgehead atoms. The largest absolute Gasteiger partial charge is 0.497 e. The van der Waals surface area contributed by atoms with Crippen LogP contribution in [0.2, 0.25) is 0 Å². The molecule has 12 heteroatoms. The molecule has 10 nitrogen and oxygen atoms in total. The zero-order chi connectivity index (χ0) is 21.0. The molecule has 0 fully saturated rings. The van der Waals surface area contributed by atoms with Crippen LogP contribution < -0.4 is 10.1 Å². The molecule has 0 atom stereocenters. The molecule has 0 saturated heterocycles. The topological polar surface area (TPSA) is 133 Å². The summed E-state index contributed by atoms with van der Waals surface area (Å²) in [4.78, 5) is 14.6. The second-order valence-electron chi connectivity index (χ2n) is 5.82. The number of amides is 1. The van der Waals surface area contributed by atoms with Crippen LogP contribution >= 0.6 is 11.3 Å². The standard InChI is InChI=1S/C17H18N4O6S2/c1-26-10-21-9-12(6-20-21)11-3-13(27-2)5-14(4-11)29(24,25)16-8-18-15(28-16)7-19-17(22)23/h3-6,8-9,19H,7,10H2,1-2H3,(H,22,23). The van der Waals surface area contributed by atoms with Gasteiger partial charge in [-0.05, 0) is 23.8 Å². The summed E-state index contributed by atoms with van der Waals surface area (Å²) in [5.41, 5.74) is 1.32. The van der Waals surface area contributed by atoms with Gasteiger partial charge in [0.05, 0.1) is 30.9 Å². The van der Waals surface area contributed by atoms with E-state index in [2.05, 4.69) is 15.4 Å². The van der Waals surface area contributed by atoms with Crippen LogP contribution in [0, 0.1) is 0 Å². The molecule has 2 N–H and O–H groups in total. The minimum atomic E-state index is -3.87. The predicted molar refractivity (Wildman–Crippen MR) is 104 cm³/mol. The lowest BCUT2D eigenvalue weighted by Gasteiger charge is -2.08. The molecule has 0 saturated carbocycles. The Morgan fingerprint density at radius 3 is 2.72 bits per heavy atom. The second-order valence-corrected chi connectivity index (χ2v) is 9.11. The number of hydrogen-bond acceptors (Lipinski definition) is 8. The molecule has 0 radical (unpaired) electrons. The molecular formula is C17H18N4O6S2. The highest BCUT2D eigenvalue weighted by molar-refractivity contribution is 7.93. The van der Waals surface area contributed by atoms with Crippen LogP contribution in [0.25, 0.3) is 11.1 Å². The summed E-state index contributed by atoms with van der Waals surface area (Å²) >= 11 is 0.904. The van der Waals surface area contributed by atoms with Crippen LogP contribution in [-0.4, -0.2) is 48.6 Å². The van der Waals surface area contributed by atoms with Gasteiger partial charge >= 0.3 is 6.09 Å². The number of hydrogen-bond donors (Lipinski definition) is 2. The molecule has 2 aromatic heterocycles. The highest BCUT2D eigenvalue weighted by Crippen LogP contribution is 2.32. The van der Waals surface area contributed by atoms with E-state index in [1.807, 2.05) is 0 Å². The van der Waals surface area contributed by atoms with E-state index in [9.17, 15) is 13.2 Å². The lowest BCUT2D eigenvalue weighted by Crippen LogP contribution is -2.19. The quantitative estimate of drug-likeness (QED) is 0.547. The first kappa shape index (κ1) is 20.8. The van der Waals surface area contributed by atoms with Gasteiger partial charge in [0.1, 0.15) is 21.7 Å². The predicted octanol–water partition coefficient (Wildman–Crippen LogP) is 2.22. The third-order valence-electron chi connectivity index (χ3n) is 3.84. The summed E-state index contributed by atoms with van der Waals surface area (Å²) < 4.78 is 38.0. The maximum Gasteiger partial charge on any atom is 0.405 e. The first-order valence-corrected chi connectivity index (χ1v) is 10.5. The van der Waals surface area contributed by atoms with Crippen molar-refractivity contribution in [1.29, 1.82) is 0 Å². The Kier molecular flexibility index (Phi) is 6.15. The maximum absolute atomic E-state index is 13.1. The first-order chi connectivity index (χ1) is 13.8. The smallest absolute Gasteiger partial charge is 0.405 e. The molecule has 154 valence electrons.